The molecule has 2 N–H and O–H groups in total. The molecule has 2 aromatic rings. The number of nitrogens with one attached hydrogen (secondary N) is 2. The second kappa shape index (κ2) is 8.87. The zero-order chi connectivity index (χ0) is 17.5. The highest BCUT2D eigenvalue weighted by atomic mass is 35.5. The normalized spacial score (nSPS) is 11.9. The fraction of sp³-hybridized carbons (Fsp3) is 0.278. The van der Waals surface area contributed by atoms with Gasteiger partial charge in [-0.1, -0.05) is 41.9 Å². The number of anilines is 1. The second-order valence-electron chi connectivity index (χ2n) is 5.54. The maximum absolute atomic E-state index is 6.14. The van der Waals surface area contributed by atoms with Crippen molar-refractivity contribution >= 4 is 34.6 Å². The van der Waals surface area contributed by atoms with Gasteiger partial charge in [0.1, 0.15) is 5.75 Å². The van der Waals surface area contributed by atoms with E-state index >= 15 is 0 Å². The van der Waals surface area contributed by atoms with Crippen LogP contribution in [-0.4, -0.2) is 37.8 Å². The maximum Gasteiger partial charge on any atom is 0.170 e. The van der Waals surface area contributed by atoms with Crippen molar-refractivity contribution in [2.45, 2.75) is 6.04 Å². The zero-order valence-corrected chi connectivity index (χ0v) is 15.6. The van der Waals surface area contributed by atoms with Crippen molar-refractivity contribution < 1.29 is 4.74 Å². The van der Waals surface area contributed by atoms with E-state index in [0.717, 1.165) is 17.0 Å². The van der Waals surface area contributed by atoms with E-state index in [9.17, 15) is 0 Å². The van der Waals surface area contributed by atoms with E-state index in [1.807, 2.05) is 56.6 Å². The Kier molecular flexibility index (Phi) is 6.85. The van der Waals surface area contributed by atoms with Crippen molar-refractivity contribution in [1.82, 2.24) is 10.2 Å². The molecule has 2 rings (SSSR count). The Hall–Kier alpha value is -1.82. The van der Waals surface area contributed by atoms with Crippen molar-refractivity contribution in [3.05, 3.63) is 59.1 Å². The average Bonchev–Trinajstić information content (AvgIpc) is 2.57. The van der Waals surface area contributed by atoms with Crippen LogP contribution in [0.5, 0.6) is 5.75 Å². The molecule has 6 heteroatoms. The van der Waals surface area contributed by atoms with Crippen molar-refractivity contribution in [2.75, 3.05) is 33.1 Å². The molecule has 2 aromatic carbocycles. The van der Waals surface area contributed by atoms with Gasteiger partial charge in [0.25, 0.3) is 0 Å². The first-order chi connectivity index (χ1) is 11.5. The number of nitrogens with zero attached hydrogens (tertiary/aromatic N) is 1. The molecule has 0 spiro atoms. The highest BCUT2D eigenvalue weighted by molar-refractivity contribution is 7.80. The van der Waals surface area contributed by atoms with Crippen LogP contribution in [-0.2, 0) is 0 Å². The van der Waals surface area contributed by atoms with Crippen LogP contribution in [0.3, 0.4) is 0 Å². The quantitative estimate of drug-likeness (QED) is 0.760. The van der Waals surface area contributed by atoms with Gasteiger partial charge in [-0.15, -0.1) is 0 Å². The first-order valence-corrected chi connectivity index (χ1v) is 8.40. The zero-order valence-electron chi connectivity index (χ0n) is 14.0. The third-order valence-corrected chi connectivity index (χ3v) is 4.28. The van der Waals surface area contributed by atoms with Crippen LogP contribution in [0.15, 0.2) is 48.5 Å². The summed E-state index contributed by atoms with van der Waals surface area (Å²) in [6.07, 6.45) is 0. The molecule has 0 aromatic heterocycles. The smallest absolute Gasteiger partial charge is 0.170 e. The Bertz CT molecular complexity index is 693. The molecular formula is C18H22ClN3OS. The topological polar surface area (TPSA) is 36.5 Å². The van der Waals surface area contributed by atoms with Gasteiger partial charge >= 0.3 is 0 Å². The number of ether oxygens (including phenoxy) is 1. The summed E-state index contributed by atoms with van der Waals surface area (Å²) in [5, 5.41) is 7.54. The Morgan fingerprint density at radius 1 is 1.17 bits per heavy atom. The third-order valence-electron chi connectivity index (χ3n) is 3.70. The fourth-order valence-corrected chi connectivity index (χ4v) is 2.81. The molecule has 128 valence electrons. The monoisotopic (exact) mass is 363 g/mol. The van der Waals surface area contributed by atoms with Gasteiger partial charge in [-0.05, 0) is 44.5 Å². The van der Waals surface area contributed by atoms with Gasteiger partial charge in [0.15, 0.2) is 5.11 Å². The van der Waals surface area contributed by atoms with E-state index in [-0.39, 0.29) is 6.04 Å². The van der Waals surface area contributed by atoms with E-state index in [1.54, 1.807) is 7.11 Å². The van der Waals surface area contributed by atoms with E-state index in [4.69, 9.17) is 28.6 Å². The van der Waals surface area contributed by atoms with Crippen molar-refractivity contribution in [3.63, 3.8) is 0 Å². The molecule has 0 heterocycles. The first kappa shape index (κ1) is 18.5. The van der Waals surface area contributed by atoms with Crippen molar-refractivity contribution in [2.24, 2.45) is 0 Å². The summed E-state index contributed by atoms with van der Waals surface area (Å²) < 4.78 is 5.47. The Balaban J connectivity index is 2.04. The minimum atomic E-state index is 0.118. The van der Waals surface area contributed by atoms with Gasteiger partial charge in [0.05, 0.1) is 23.9 Å². The van der Waals surface area contributed by atoms with E-state index in [2.05, 4.69) is 21.6 Å². The molecule has 0 saturated carbocycles. The van der Waals surface area contributed by atoms with Crippen LogP contribution in [0, 0.1) is 0 Å². The van der Waals surface area contributed by atoms with Crippen LogP contribution in [0.1, 0.15) is 11.6 Å². The molecule has 0 aliphatic carbocycles. The lowest BCUT2D eigenvalue weighted by atomic mass is 10.0. The number of hydrogen-bond acceptors (Lipinski definition) is 3. The molecule has 0 aliphatic rings. The van der Waals surface area contributed by atoms with E-state index in [0.29, 0.717) is 16.7 Å². The molecule has 0 amide bonds. The fourth-order valence-electron chi connectivity index (χ4n) is 2.43. The molecule has 0 bridgehead atoms. The molecule has 24 heavy (non-hydrogen) atoms. The minimum Gasteiger partial charge on any atom is -0.496 e. The van der Waals surface area contributed by atoms with E-state index < -0.39 is 0 Å². The van der Waals surface area contributed by atoms with Crippen LogP contribution in [0.25, 0.3) is 0 Å². The van der Waals surface area contributed by atoms with Crippen LogP contribution in [0.4, 0.5) is 5.69 Å². The molecular weight excluding hydrogens is 342 g/mol. The number of para-hydroxylation sites is 2. The lowest BCUT2D eigenvalue weighted by Crippen LogP contribution is -2.36. The summed E-state index contributed by atoms with van der Waals surface area (Å²) in [5.74, 6) is 0.864. The average molecular weight is 364 g/mol. The number of benzene rings is 2. The van der Waals surface area contributed by atoms with Crippen LogP contribution >= 0.6 is 23.8 Å². The predicted octanol–water partition coefficient (Wildman–Crippen LogP) is 3.94. The standard InChI is InChI=1S/C18H22ClN3OS/c1-22(2)16(13-8-4-7-11-17(13)23-3)12-20-18(24)21-15-10-6-5-9-14(15)19/h4-11,16H,12H2,1-3H3,(H2,20,21,24)/t16-/m0/s1. The van der Waals surface area contributed by atoms with E-state index in [1.165, 1.54) is 0 Å². The number of hydrogen-bond donors (Lipinski definition) is 2. The molecule has 0 radical (unpaired) electrons. The molecule has 1 atom stereocenters. The van der Waals surface area contributed by atoms with Gasteiger partial charge in [-0.3, -0.25) is 0 Å². The number of rotatable bonds is 6. The SMILES string of the molecule is COc1ccccc1[C@H](CNC(=S)Nc1ccccc1Cl)N(C)C. The van der Waals surface area contributed by atoms with Gasteiger partial charge in [-0.2, -0.15) is 0 Å². The predicted molar refractivity (Wildman–Crippen MR) is 105 cm³/mol. The second-order valence-corrected chi connectivity index (χ2v) is 6.35. The largest absolute Gasteiger partial charge is 0.496 e. The van der Waals surface area contributed by atoms with Crippen LogP contribution in [0.2, 0.25) is 5.02 Å². The third kappa shape index (κ3) is 4.84. The van der Waals surface area contributed by atoms with Crippen LogP contribution < -0.4 is 15.4 Å². The van der Waals surface area contributed by atoms with Gasteiger partial charge in [0, 0.05) is 12.1 Å². The number of likely N-dealkylation sites (N-methyl/N-ethyl adjacent to an activating group) is 1. The molecule has 0 fully saturated rings. The maximum atomic E-state index is 6.14. The van der Waals surface area contributed by atoms with Crippen molar-refractivity contribution in [1.29, 1.82) is 0 Å². The highest BCUT2D eigenvalue weighted by Gasteiger charge is 2.18. The van der Waals surface area contributed by atoms with Gasteiger partial charge in [-0.25, -0.2) is 0 Å². The summed E-state index contributed by atoms with van der Waals surface area (Å²) in [6, 6.07) is 15.6. The Labute approximate surface area is 153 Å². The molecule has 4 nitrogen and oxygen atoms in total. The minimum absolute atomic E-state index is 0.118. The Morgan fingerprint density at radius 2 is 1.83 bits per heavy atom. The van der Waals surface area contributed by atoms with Crippen molar-refractivity contribution in [3.8, 4) is 5.75 Å². The molecule has 0 unspecified atom stereocenters. The van der Waals surface area contributed by atoms with Gasteiger partial charge < -0.3 is 20.3 Å². The lowest BCUT2D eigenvalue weighted by Gasteiger charge is -2.27. The molecule has 0 saturated heterocycles. The Morgan fingerprint density at radius 3 is 2.50 bits per heavy atom. The number of halogens is 1. The summed E-state index contributed by atoms with van der Waals surface area (Å²) in [5.41, 5.74) is 1.90. The number of thiocarbonyl (C=S) groups is 1. The summed E-state index contributed by atoms with van der Waals surface area (Å²) in [4.78, 5) is 2.13. The highest BCUT2D eigenvalue weighted by Crippen LogP contribution is 2.27. The summed E-state index contributed by atoms with van der Waals surface area (Å²) >= 11 is 11.5. The number of methoxy groups -OCH3 is 1. The summed E-state index contributed by atoms with van der Waals surface area (Å²) in [6.45, 7) is 0.643. The summed E-state index contributed by atoms with van der Waals surface area (Å²) in [7, 11) is 5.75. The molecule has 0 aliphatic heterocycles. The lowest BCUT2D eigenvalue weighted by molar-refractivity contribution is 0.288. The first-order valence-electron chi connectivity index (χ1n) is 7.61. The van der Waals surface area contributed by atoms with Gasteiger partial charge in [0.2, 0.25) is 0 Å².